The first-order chi connectivity index (χ1) is 9.13. The van der Waals surface area contributed by atoms with Crippen LogP contribution < -0.4 is 11.1 Å². The smallest absolute Gasteiger partial charge is 0.410 e. The lowest BCUT2D eigenvalue weighted by molar-refractivity contribution is -0.121. The lowest BCUT2D eigenvalue weighted by Gasteiger charge is -2.16. The first-order valence-corrected chi connectivity index (χ1v) is 6.02. The predicted octanol–water partition coefficient (Wildman–Crippen LogP) is 0.330. The fraction of sp³-hybridized carbons (Fsp3) is 0.385. The Morgan fingerprint density at radius 2 is 2.00 bits per heavy atom. The van der Waals surface area contributed by atoms with Gasteiger partial charge >= 0.3 is 6.09 Å². The minimum atomic E-state index is -0.535. The number of nitrogens with zero attached hydrogens (tertiary/aromatic N) is 1. The predicted molar refractivity (Wildman–Crippen MR) is 71.3 cm³/mol. The summed E-state index contributed by atoms with van der Waals surface area (Å²) < 4.78 is 5.08. The highest BCUT2D eigenvalue weighted by molar-refractivity contribution is 5.82. The van der Waals surface area contributed by atoms with E-state index < -0.39 is 6.09 Å². The summed E-state index contributed by atoms with van der Waals surface area (Å²) in [5, 5.41) is 2.58. The van der Waals surface area contributed by atoms with Gasteiger partial charge in [0.15, 0.2) is 0 Å². The molecule has 0 heterocycles. The van der Waals surface area contributed by atoms with Gasteiger partial charge in [-0.25, -0.2) is 4.79 Å². The highest BCUT2D eigenvalue weighted by Crippen LogP contribution is 2.02. The number of rotatable bonds is 6. The summed E-state index contributed by atoms with van der Waals surface area (Å²) >= 11 is 0. The number of hydrogen-bond donors (Lipinski definition) is 2. The fourth-order valence-electron chi connectivity index (χ4n) is 1.38. The lowest BCUT2D eigenvalue weighted by atomic mass is 10.2. The zero-order valence-corrected chi connectivity index (χ0v) is 11.0. The first-order valence-electron chi connectivity index (χ1n) is 6.02. The molecule has 2 amide bonds. The second-order valence-corrected chi connectivity index (χ2v) is 4.03. The maximum absolute atomic E-state index is 11.6. The molecule has 0 spiro atoms. The molecule has 0 radical (unpaired) electrons. The average molecular weight is 265 g/mol. The van der Waals surface area contributed by atoms with E-state index in [0.29, 0.717) is 13.1 Å². The van der Waals surface area contributed by atoms with Gasteiger partial charge in [0, 0.05) is 20.1 Å². The number of hydrogen-bond acceptors (Lipinski definition) is 4. The quantitative estimate of drug-likeness (QED) is 0.776. The molecule has 1 aromatic carbocycles. The Morgan fingerprint density at radius 1 is 1.32 bits per heavy atom. The van der Waals surface area contributed by atoms with E-state index in [9.17, 15) is 9.59 Å². The van der Waals surface area contributed by atoms with Crippen LogP contribution in [0.5, 0.6) is 0 Å². The average Bonchev–Trinajstić information content (AvgIpc) is 2.43. The summed E-state index contributed by atoms with van der Waals surface area (Å²) in [6, 6.07) is 9.35. The van der Waals surface area contributed by atoms with Crippen LogP contribution in [0.4, 0.5) is 4.79 Å². The molecule has 0 unspecified atom stereocenters. The van der Waals surface area contributed by atoms with Crippen molar-refractivity contribution >= 4 is 12.0 Å². The third kappa shape index (κ3) is 5.87. The summed E-state index contributed by atoms with van der Waals surface area (Å²) in [6.07, 6.45) is -0.535. The van der Waals surface area contributed by atoms with E-state index in [4.69, 9.17) is 10.5 Å². The summed E-state index contributed by atoms with van der Waals surface area (Å²) in [5.74, 6) is -0.260. The molecular weight excluding hydrogens is 246 g/mol. The van der Waals surface area contributed by atoms with E-state index in [1.807, 2.05) is 30.3 Å². The molecule has 0 bridgehead atoms. The number of nitrogens with two attached hydrogens (primary N) is 1. The number of likely N-dealkylation sites (N-methyl/N-ethyl adjacent to an activating group) is 1. The number of carbonyl (C=O) groups is 2. The van der Waals surface area contributed by atoms with Crippen LogP contribution >= 0.6 is 0 Å². The van der Waals surface area contributed by atoms with E-state index in [-0.39, 0.29) is 19.1 Å². The van der Waals surface area contributed by atoms with Crippen molar-refractivity contribution in [3.63, 3.8) is 0 Å². The van der Waals surface area contributed by atoms with Crippen molar-refractivity contribution in [2.75, 3.05) is 26.7 Å². The Labute approximate surface area is 112 Å². The molecule has 0 fully saturated rings. The molecular formula is C13H19N3O3. The molecule has 104 valence electrons. The number of ether oxygens (including phenoxy) is 1. The molecule has 19 heavy (non-hydrogen) atoms. The number of carbonyl (C=O) groups excluding carboxylic acids is 2. The van der Waals surface area contributed by atoms with Crippen molar-refractivity contribution in [3.05, 3.63) is 35.9 Å². The van der Waals surface area contributed by atoms with Crippen LogP contribution in [0.1, 0.15) is 5.56 Å². The van der Waals surface area contributed by atoms with E-state index in [2.05, 4.69) is 5.32 Å². The fourth-order valence-corrected chi connectivity index (χ4v) is 1.38. The van der Waals surface area contributed by atoms with E-state index in [1.54, 1.807) is 0 Å². The molecule has 6 nitrogen and oxygen atoms in total. The lowest BCUT2D eigenvalue weighted by Crippen LogP contribution is -2.40. The molecule has 0 saturated heterocycles. The minimum absolute atomic E-state index is 0.0480. The third-order valence-electron chi connectivity index (χ3n) is 2.36. The van der Waals surface area contributed by atoms with Crippen molar-refractivity contribution in [1.29, 1.82) is 0 Å². The molecule has 1 aromatic rings. The summed E-state index contributed by atoms with van der Waals surface area (Å²) in [6.45, 7) is 0.904. The maximum atomic E-state index is 11.6. The Balaban J connectivity index is 2.30. The van der Waals surface area contributed by atoms with Gasteiger partial charge in [-0.2, -0.15) is 0 Å². The van der Waals surface area contributed by atoms with E-state index in [1.165, 1.54) is 11.9 Å². The van der Waals surface area contributed by atoms with Crippen molar-refractivity contribution in [1.82, 2.24) is 10.2 Å². The highest BCUT2D eigenvalue weighted by atomic mass is 16.6. The van der Waals surface area contributed by atoms with Crippen LogP contribution in [-0.4, -0.2) is 43.6 Å². The van der Waals surface area contributed by atoms with Crippen LogP contribution in [0.2, 0.25) is 0 Å². The van der Waals surface area contributed by atoms with Crippen molar-refractivity contribution in [2.45, 2.75) is 6.61 Å². The van der Waals surface area contributed by atoms with Crippen molar-refractivity contribution in [3.8, 4) is 0 Å². The molecule has 6 heteroatoms. The van der Waals surface area contributed by atoms with E-state index in [0.717, 1.165) is 5.56 Å². The van der Waals surface area contributed by atoms with Gasteiger partial charge in [0.2, 0.25) is 5.91 Å². The monoisotopic (exact) mass is 265 g/mol. The van der Waals surface area contributed by atoms with Crippen molar-refractivity contribution < 1.29 is 14.3 Å². The highest BCUT2D eigenvalue weighted by Gasteiger charge is 2.13. The molecule has 0 saturated carbocycles. The standard InChI is InChI=1S/C13H19N3O3/c1-16(9-12(17)15-8-7-14)13(18)19-10-11-5-3-2-4-6-11/h2-6H,7-10,14H2,1H3,(H,15,17). The molecule has 0 aliphatic rings. The zero-order valence-electron chi connectivity index (χ0n) is 11.0. The largest absolute Gasteiger partial charge is 0.445 e. The van der Waals surface area contributed by atoms with Gasteiger partial charge in [-0.3, -0.25) is 4.79 Å². The number of amides is 2. The Morgan fingerprint density at radius 3 is 2.63 bits per heavy atom. The first kappa shape index (κ1) is 15.0. The van der Waals surface area contributed by atoms with Crippen LogP contribution in [0.3, 0.4) is 0 Å². The molecule has 0 aromatic heterocycles. The second-order valence-electron chi connectivity index (χ2n) is 4.03. The van der Waals surface area contributed by atoms with Gasteiger partial charge in [-0.15, -0.1) is 0 Å². The number of benzene rings is 1. The Kier molecular flexibility index (Phi) is 6.38. The molecule has 0 aliphatic carbocycles. The zero-order chi connectivity index (χ0) is 14.1. The van der Waals surface area contributed by atoms with Crippen LogP contribution in [0.25, 0.3) is 0 Å². The summed E-state index contributed by atoms with van der Waals surface area (Å²) in [5.41, 5.74) is 6.16. The third-order valence-corrected chi connectivity index (χ3v) is 2.36. The van der Waals surface area contributed by atoms with Gasteiger partial charge in [-0.1, -0.05) is 30.3 Å². The van der Waals surface area contributed by atoms with Crippen LogP contribution in [0.15, 0.2) is 30.3 Å². The SMILES string of the molecule is CN(CC(=O)NCCN)C(=O)OCc1ccccc1. The van der Waals surface area contributed by atoms with Gasteiger partial charge in [0.1, 0.15) is 13.2 Å². The van der Waals surface area contributed by atoms with E-state index >= 15 is 0 Å². The number of nitrogens with one attached hydrogen (secondary N) is 1. The van der Waals surface area contributed by atoms with Crippen LogP contribution in [-0.2, 0) is 16.1 Å². The van der Waals surface area contributed by atoms with Gasteiger partial charge in [0.25, 0.3) is 0 Å². The van der Waals surface area contributed by atoms with Gasteiger partial charge in [0.05, 0.1) is 0 Å². The molecule has 1 rings (SSSR count). The summed E-state index contributed by atoms with van der Waals surface area (Å²) in [7, 11) is 1.51. The second kappa shape index (κ2) is 8.10. The molecule has 0 aliphatic heterocycles. The topological polar surface area (TPSA) is 84.7 Å². The normalized spacial score (nSPS) is 9.79. The Hall–Kier alpha value is -2.08. The summed E-state index contributed by atoms with van der Waals surface area (Å²) in [4.78, 5) is 24.2. The molecule has 3 N–H and O–H groups in total. The van der Waals surface area contributed by atoms with Crippen molar-refractivity contribution in [2.24, 2.45) is 5.73 Å². The maximum Gasteiger partial charge on any atom is 0.410 e. The molecule has 0 atom stereocenters. The Bertz CT molecular complexity index is 409. The van der Waals surface area contributed by atoms with Gasteiger partial charge in [-0.05, 0) is 5.56 Å². The van der Waals surface area contributed by atoms with Gasteiger partial charge < -0.3 is 20.7 Å². The minimum Gasteiger partial charge on any atom is -0.445 e. The van der Waals surface area contributed by atoms with Crippen LogP contribution in [0, 0.1) is 0 Å².